The van der Waals surface area contributed by atoms with Crippen LogP contribution in [0.25, 0.3) is 0 Å². The fraction of sp³-hybridized carbons (Fsp3) is 0.0769. The molecule has 0 unspecified atom stereocenters. The average molecular weight is 342 g/mol. The zero-order valence-electron chi connectivity index (χ0n) is 10.9. The largest absolute Gasteiger partial charge is 0.452 e. The minimum atomic E-state index is -0.749. The molecule has 22 heavy (non-hydrogen) atoms. The summed E-state index contributed by atoms with van der Waals surface area (Å²) in [6, 6.07) is 3.88. The van der Waals surface area contributed by atoms with Crippen LogP contribution in [-0.4, -0.2) is 28.5 Å². The third-order valence-electron chi connectivity index (χ3n) is 2.42. The second kappa shape index (κ2) is 7.06. The number of anilines is 1. The molecule has 2 heterocycles. The lowest BCUT2D eigenvalue weighted by molar-refractivity contribution is -0.119. The Balaban J connectivity index is 1.91. The van der Waals surface area contributed by atoms with Gasteiger partial charge in [0, 0.05) is 18.5 Å². The van der Waals surface area contributed by atoms with Gasteiger partial charge in [0.1, 0.15) is 0 Å². The first-order valence-corrected chi connectivity index (χ1v) is 6.68. The van der Waals surface area contributed by atoms with Crippen molar-refractivity contribution in [3.63, 3.8) is 0 Å². The molecular weight excluding hydrogens is 333 g/mol. The van der Waals surface area contributed by atoms with Crippen molar-refractivity contribution < 1.29 is 14.3 Å². The van der Waals surface area contributed by atoms with E-state index in [9.17, 15) is 14.4 Å². The summed E-state index contributed by atoms with van der Waals surface area (Å²) in [5, 5.41) is 2.86. The number of rotatable bonds is 4. The van der Waals surface area contributed by atoms with E-state index in [1.54, 1.807) is 0 Å². The van der Waals surface area contributed by atoms with Crippen molar-refractivity contribution in [2.24, 2.45) is 0 Å². The first-order chi connectivity index (χ1) is 10.5. The number of hydrogen-bond donors (Lipinski definition) is 2. The molecule has 0 atom stereocenters. The summed E-state index contributed by atoms with van der Waals surface area (Å²) in [6.45, 7) is -0.529. The highest BCUT2D eigenvalue weighted by molar-refractivity contribution is 6.36. The van der Waals surface area contributed by atoms with Gasteiger partial charge in [-0.25, -0.2) is 9.78 Å². The van der Waals surface area contributed by atoms with Crippen molar-refractivity contribution in [3.05, 3.63) is 56.6 Å². The lowest BCUT2D eigenvalue weighted by Gasteiger charge is -2.07. The van der Waals surface area contributed by atoms with Crippen LogP contribution in [0.2, 0.25) is 10.0 Å². The summed E-state index contributed by atoms with van der Waals surface area (Å²) in [6.07, 6.45) is 2.51. The minimum Gasteiger partial charge on any atom is -0.452 e. The van der Waals surface area contributed by atoms with E-state index >= 15 is 0 Å². The number of halogens is 2. The Labute approximate surface area is 134 Å². The molecule has 0 bridgehead atoms. The summed E-state index contributed by atoms with van der Waals surface area (Å²) in [5.74, 6) is -1.26. The van der Waals surface area contributed by atoms with Crippen LogP contribution in [0.3, 0.4) is 0 Å². The normalized spacial score (nSPS) is 10.1. The highest BCUT2D eigenvalue weighted by atomic mass is 35.5. The standard InChI is InChI=1S/C13H9Cl2N3O4/c14-8-3-9(15)12(17-5-8)18-11(20)6-22-13(21)7-1-2-10(19)16-4-7/h1-5H,6H2,(H,16,19)(H,17,18,20). The number of pyridine rings is 2. The Kier molecular flexibility index (Phi) is 5.13. The van der Waals surface area contributed by atoms with Gasteiger partial charge >= 0.3 is 5.97 Å². The van der Waals surface area contributed by atoms with E-state index in [1.165, 1.54) is 30.6 Å². The molecule has 2 rings (SSSR count). The minimum absolute atomic E-state index is 0.108. The first-order valence-electron chi connectivity index (χ1n) is 5.92. The zero-order valence-corrected chi connectivity index (χ0v) is 12.4. The van der Waals surface area contributed by atoms with Crippen LogP contribution in [0.4, 0.5) is 5.82 Å². The van der Waals surface area contributed by atoms with Crippen molar-refractivity contribution in [2.75, 3.05) is 11.9 Å². The van der Waals surface area contributed by atoms with Crippen molar-refractivity contribution in [2.45, 2.75) is 0 Å². The summed E-state index contributed by atoms with van der Waals surface area (Å²) in [4.78, 5) is 40.3. The zero-order chi connectivity index (χ0) is 16.1. The monoisotopic (exact) mass is 341 g/mol. The number of amides is 1. The number of esters is 1. The lowest BCUT2D eigenvalue weighted by Crippen LogP contribution is -2.22. The highest BCUT2D eigenvalue weighted by Gasteiger charge is 2.12. The molecule has 9 heteroatoms. The van der Waals surface area contributed by atoms with Gasteiger partial charge in [-0.2, -0.15) is 0 Å². The van der Waals surface area contributed by atoms with Crippen molar-refractivity contribution in [1.82, 2.24) is 9.97 Å². The van der Waals surface area contributed by atoms with Gasteiger partial charge in [-0.1, -0.05) is 23.2 Å². The molecule has 2 N–H and O–H groups in total. The number of aromatic nitrogens is 2. The van der Waals surface area contributed by atoms with E-state index in [2.05, 4.69) is 15.3 Å². The van der Waals surface area contributed by atoms with E-state index in [0.29, 0.717) is 5.02 Å². The molecule has 2 aromatic heterocycles. The van der Waals surface area contributed by atoms with E-state index in [4.69, 9.17) is 27.9 Å². The quantitative estimate of drug-likeness (QED) is 0.826. The molecule has 0 aliphatic rings. The first kappa shape index (κ1) is 16.0. The second-order valence-corrected chi connectivity index (χ2v) is 4.89. The predicted octanol–water partition coefficient (Wildman–Crippen LogP) is 1.87. The molecule has 0 aliphatic heterocycles. The lowest BCUT2D eigenvalue weighted by atomic mass is 10.3. The smallest absolute Gasteiger partial charge is 0.340 e. The third-order valence-corrected chi connectivity index (χ3v) is 2.91. The molecule has 0 saturated heterocycles. The number of aromatic amines is 1. The maximum absolute atomic E-state index is 11.7. The predicted molar refractivity (Wildman–Crippen MR) is 80.2 cm³/mol. The number of hydrogen-bond acceptors (Lipinski definition) is 5. The van der Waals surface area contributed by atoms with Gasteiger partial charge in [-0.15, -0.1) is 0 Å². The van der Waals surface area contributed by atoms with Crippen LogP contribution in [-0.2, 0) is 9.53 Å². The van der Waals surface area contributed by atoms with E-state index < -0.39 is 18.5 Å². The van der Waals surface area contributed by atoms with Crippen LogP contribution < -0.4 is 10.9 Å². The van der Waals surface area contributed by atoms with Gasteiger partial charge in [0.15, 0.2) is 12.4 Å². The molecular formula is C13H9Cl2N3O4. The maximum atomic E-state index is 11.7. The maximum Gasteiger partial charge on any atom is 0.340 e. The molecule has 7 nitrogen and oxygen atoms in total. The second-order valence-electron chi connectivity index (χ2n) is 4.05. The number of carbonyl (C=O) groups is 2. The number of carbonyl (C=O) groups excluding carboxylic acids is 2. The fourth-order valence-corrected chi connectivity index (χ4v) is 1.85. The highest BCUT2D eigenvalue weighted by Crippen LogP contribution is 2.22. The molecule has 0 spiro atoms. The summed E-state index contributed by atoms with van der Waals surface area (Å²) in [7, 11) is 0. The topological polar surface area (TPSA) is 101 Å². The third kappa shape index (κ3) is 4.31. The van der Waals surface area contributed by atoms with Crippen LogP contribution in [0, 0.1) is 0 Å². The van der Waals surface area contributed by atoms with Gasteiger partial charge in [-0.05, 0) is 12.1 Å². The molecule has 1 amide bonds. The number of nitrogens with zero attached hydrogens (tertiary/aromatic N) is 1. The van der Waals surface area contributed by atoms with Crippen LogP contribution in [0.5, 0.6) is 0 Å². The summed E-state index contributed by atoms with van der Waals surface area (Å²) < 4.78 is 4.80. The van der Waals surface area contributed by atoms with Crippen LogP contribution in [0.15, 0.2) is 35.4 Å². The Hall–Kier alpha value is -2.38. The Morgan fingerprint density at radius 3 is 2.73 bits per heavy atom. The van der Waals surface area contributed by atoms with Crippen LogP contribution in [0.1, 0.15) is 10.4 Å². The average Bonchev–Trinajstić information content (AvgIpc) is 2.48. The van der Waals surface area contributed by atoms with Crippen molar-refractivity contribution in [3.8, 4) is 0 Å². The van der Waals surface area contributed by atoms with Gasteiger partial charge in [0.25, 0.3) is 5.91 Å². The number of ether oxygens (including phenoxy) is 1. The summed E-state index contributed by atoms with van der Waals surface area (Å²) >= 11 is 11.5. The number of nitrogens with one attached hydrogen (secondary N) is 2. The summed E-state index contributed by atoms with van der Waals surface area (Å²) in [5.41, 5.74) is -0.229. The van der Waals surface area contributed by atoms with Crippen molar-refractivity contribution in [1.29, 1.82) is 0 Å². The van der Waals surface area contributed by atoms with E-state index in [-0.39, 0.29) is 22.0 Å². The van der Waals surface area contributed by atoms with E-state index in [1.807, 2.05) is 0 Å². The van der Waals surface area contributed by atoms with Gasteiger partial charge in [0.2, 0.25) is 5.56 Å². The van der Waals surface area contributed by atoms with E-state index in [0.717, 1.165) is 0 Å². The van der Waals surface area contributed by atoms with Crippen molar-refractivity contribution >= 4 is 40.9 Å². The molecule has 0 saturated carbocycles. The van der Waals surface area contributed by atoms with Crippen LogP contribution >= 0.6 is 23.2 Å². The molecule has 0 aliphatic carbocycles. The van der Waals surface area contributed by atoms with Gasteiger partial charge < -0.3 is 15.0 Å². The van der Waals surface area contributed by atoms with Gasteiger partial charge in [0.05, 0.1) is 15.6 Å². The molecule has 0 fully saturated rings. The Bertz CT molecular complexity index is 756. The Morgan fingerprint density at radius 1 is 1.32 bits per heavy atom. The SMILES string of the molecule is O=C(COC(=O)c1ccc(=O)[nH]c1)Nc1ncc(Cl)cc1Cl. The molecule has 114 valence electrons. The van der Waals surface area contributed by atoms with Gasteiger partial charge in [-0.3, -0.25) is 9.59 Å². The Morgan fingerprint density at radius 2 is 2.09 bits per heavy atom. The molecule has 2 aromatic rings. The molecule has 0 radical (unpaired) electrons. The number of H-pyrrole nitrogens is 1. The fourth-order valence-electron chi connectivity index (χ4n) is 1.43. The molecule has 0 aromatic carbocycles.